The van der Waals surface area contributed by atoms with Crippen molar-refractivity contribution in [2.75, 3.05) is 39.7 Å². The summed E-state index contributed by atoms with van der Waals surface area (Å²) in [6, 6.07) is 14.4. The van der Waals surface area contributed by atoms with Crippen molar-refractivity contribution in [1.82, 2.24) is 14.8 Å². The number of halogens is 1. The first-order valence-electron chi connectivity index (χ1n) is 11.7. The Morgan fingerprint density at radius 3 is 2.56 bits per heavy atom. The van der Waals surface area contributed by atoms with Gasteiger partial charge in [0.05, 0.1) is 18.7 Å². The quantitative estimate of drug-likeness (QED) is 0.517. The van der Waals surface area contributed by atoms with Crippen LogP contribution in [0.2, 0.25) is 0 Å². The van der Waals surface area contributed by atoms with Crippen LogP contribution in [0.1, 0.15) is 30.4 Å². The van der Waals surface area contributed by atoms with Crippen LogP contribution in [-0.2, 0) is 17.9 Å². The van der Waals surface area contributed by atoms with E-state index in [4.69, 9.17) is 9.72 Å². The highest BCUT2D eigenvalue weighted by atomic mass is 19.1. The van der Waals surface area contributed by atoms with Crippen molar-refractivity contribution in [2.45, 2.75) is 38.4 Å². The van der Waals surface area contributed by atoms with Gasteiger partial charge in [-0.25, -0.2) is 9.37 Å². The van der Waals surface area contributed by atoms with Crippen LogP contribution < -0.4 is 9.64 Å². The van der Waals surface area contributed by atoms with Crippen LogP contribution >= 0.6 is 0 Å². The van der Waals surface area contributed by atoms with Crippen molar-refractivity contribution < 1.29 is 13.9 Å². The number of carbonyl (C=O) groups is 1. The maximum atomic E-state index is 13.8. The number of carbonyl (C=O) groups excluding carboxylic acids is 1. The molecule has 180 valence electrons. The van der Waals surface area contributed by atoms with E-state index in [9.17, 15) is 9.18 Å². The van der Waals surface area contributed by atoms with Gasteiger partial charge in [0.15, 0.2) is 0 Å². The summed E-state index contributed by atoms with van der Waals surface area (Å²) in [5.41, 5.74) is 2.58. The lowest BCUT2D eigenvalue weighted by molar-refractivity contribution is -0.139. The Hall–Kier alpha value is -3.19. The van der Waals surface area contributed by atoms with Crippen molar-refractivity contribution in [3.05, 3.63) is 65.5 Å². The number of amides is 1. The fraction of sp³-hybridized carbons (Fsp3) is 0.407. The number of benzene rings is 2. The van der Waals surface area contributed by atoms with E-state index in [1.165, 1.54) is 12.1 Å². The van der Waals surface area contributed by atoms with E-state index < -0.39 is 0 Å². The number of anilines is 1. The van der Waals surface area contributed by atoms with Crippen LogP contribution in [0.4, 0.5) is 10.2 Å². The molecule has 0 bridgehead atoms. The molecule has 1 aromatic heterocycles. The molecular formula is C27H33FN4O2. The maximum Gasteiger partial charge on any atom is 0.240 e. The zero-order chi connectivity index (χ0) is 24.2. The molecule has 0 saturated carbocycles. The summed E-state index contributed by atoms with van der Waals surface area (Å²) in [5, 5.41) is 0.855. The van der Waals surface area contributed by atoms with Gasteiger partial charge in [-0.1, -0.05) is 18.6 Å². The van der Waals surface area contributed by atoms with Crippen LogP contribution in [0.25, 0.3) is 10.9 Å². The number of pyridine rings is 1. The van der Waals surface area contributed by atoms with E-state index in [-0.39, 0.29) is 17.8 Å². The van der Waals surface area contributed by atoms with Gasteiger partial charge in [-0.3, -0.25) is 9.69 Å². The summed E-state index contributed by atoms with van der Waals surface area (Å²) in [5.74, 6) is 1.34. The summed E-state index contributed by atoms with van der Waals surface area (Å²) < 4.78 is 19.1. The van der Waals surface area contributed by atoms with Crippen LogP contribution in [0.3, 0.4) is 0 Å². The molecule has 7 heteroatoms. The smallest absolute Gasteiger partial charge is 0.240 e. The molecule has 0 spiro atoms. The van der Waals surface area contributed by atoms with Gasteiger partial charge in [0.2, 0.25) is 5.91 Å². The Morgan fingerprint density at radius 1 is 1.12 bits per heavy atom. The third-order valence-corrected chi connectivity index (χ3v) is 6.52. The molecule has 3 aromatic rings. The van der Waals surface area contributed by atoms with E-state index in [1.54, 1.807) is 13.2 Å². The summed E-state index contributed by atoms with van der Waals surface area (Å²) in [6.07, 6.45) is 3.04. The lowest BCUT2D eigenvalue weighted by Gasteiger charge is -2.36. The van der Waals surface area contributed by atoms with Gasteiger partial charge >= 0.3 is 0 Å². The Labute approximate surface area is 200 Å². The number of rotatable bonds is 7. The van der Waals surface area contributed by atoms with Crippen LogP contribution in [0.5, 0.6) is 5.75 Å². The molecule has 1 aliphatic heterocycles. The Balaban J connectivity index is 1.70. The topological polar surface area (TPSA) is 48.9 Å². The van der Waals surface area contributed by atoms with Crippen LogP contribution in [0.15, 0.2) is 48.5 Å². The monoisotopic (exact) mass is 464 g/mol. The van der Waals surface area contributed by atoms with E-state index in [1.807, 2.05) is 61.3 Å². The van der Waals surface area contributed by atoms with Crippen molar-refractivity contribution in [2.24, 2.45) is 0 Å². The molecule has 1 unspecified atom stereocenters. The number of hydrogen-bond donors (Lipinski definition) is 0. The second-order valence-electron chi connectivity index (χ2n) is 9.24. The summed E-state index contributed by atoms with van der Waals surface area (Å²) in [6.45, 7) is 1.84. The molecule has 34 heavy (non-hydrogen) atoms. The molecule has 0 N–H and O–H groups in total. The number of hydrogen-bond acceptors (Lipinski definition) is 5. The number of methoxy groups -OCH3 is 1. The predicted octanol–water partition coefficient (Wildman–Crippen LogP) is 4.46. The minimum atomic E-state index is -0.311. The van der Waals surface area contributed by atoms with Crippen LogP contribution in [-0.4, -0.2) is 61.5 Å². The number of aromatic nitrogens is 1. The molecule has 2 aromatic carbocycles. The van der Waals surface area contributed by atoms with Crippen LogP contribution in [0, 0.1) is 5.82 Å². The fourth-order valence-electron chi connectivity index (χ4n) is 4.64. The molecule has 1 saturated heterocycles. The number of piperidine rings is 1. The molecule has 6 nitrogen and oxygen atoms in total. The fourth-order valence-corrected chi connectivity index (χ4v) is 4.64. The Morgan fingerprint density at radius 2 is 1.88 bits per heavy atom. The molecule has 1 aliphatic rings. The maximum absolute atomic E-state index is 13.8. The molecule has 1 amide bonds. The minimum Gasteiger partial charge on any atom is -0.497 e. The first kappa shape index (κ1) is 24.0. The highest BCUT2D eigenvalue weighted by Gasteiger charge is 2.30. The largest absolute Gasteiger partial charge is 0.497 e. The zero-order valence-electron chi connectivity index (χ0n) is 20.4. The number of likely N-dealkylation sites (N-methyl/N-ethyl adjacent to an activating group) is 1. The van der Waals surface area contributed by atoms with Gasteiger partial charge in [-0.2, -0.15) is 0 Å². The van der Waals surface area contributed by atoms with Gasteiger partial charge in [0.25, 0.3) is 0 Å². The lowest BCUT2D eigenvalue weighted by Crippen LogP contribution is -2.48. The average molecular weight is 465 g/mol. The molecule has 4 rings (SSSR count). The zero-order valence-corrected chi connectivity index (χ0v) is 20.4. The van der Waals surface area contributed by atoms with E-state index >= 15 is 0 Å². The van der Waals surface area contributed by atoms with Gasteiger partial charge in [0.1, 0.15) is 17.4 Å². The average Bonchev–Trinajstić information content (AvgIpc) is 2.83. The standard InChI is InChI=1S/C27H33FN4O2/c1-30(2)26-21(15-20-10-11-22(28)16-24(20)29-26)18-32(17-19-8-12-23(34-4)13-9-19)27(33)25-7-5-6-14-31(25)3/h8-13,15-16,25H,5-7,14,17-18H2,1-4H3. The highest BCUT2D eigenvalue weighted by molar-refractivity contribution is 5.84. The third-order valence-electron chi connectivity index (χ3n) is 6.52. The lowest BCUT2D eigenvalue weighted by atomic mass is 10.0. The van der Waals surface area contributed by atoms with Gasteiger partial charge in [0, 0.05) is 44.2 Å². The summed E-state index contributed by atoms with van der Waals surface area (Å²) in [4.78, 5) is 24.5. The molecule has 0 aliphatic carbocycles. The molecule has 1 fully saturated rings. The number of fused-ring (bicyclic) bond motifs is 1. The third kappa shape index (κ3) is 5.30. The summed E-state index contributed by atoms with van der Waals surface area (Å²) >= 11 is 0. The number of ether oxygens (including phenoxy) is 1. The van der Waals surface area contributed by atoms with E-state index in [0.717, 1.165) is 53.9 Å². The SMILES string of the molecule is COc1ccc(CN(Cc2cc3ccc(F)cc3nc2N(C)C)C(=O)C2CCCCN2C)cc1. The predicted molar refractivity (Wildman–Crippen MR) is 134 cm³/mol. The first-order valence-corrected chi connectivity index (χ1v) is 11.7. The minimum absolute atomic E-state index is 0.127. The summed E-state index contributed by atoms with van der Waals surface area (Å²) in [7, 11) is 7.51. The first-order chi connectivity index (χ1) is 16.4. The van der Waals surface area contributed by atoms with Crippen molar-refractivity contribution in [1.29, 1.82) is 0 Å². The normalized spacial score (nSPS) is 16.4. The van der Waals surface area contributed by atoms with E-state index in [2.05, 4.69) is 4.90 Å². The second-order valence-corrected chi connectivity index (χ2v) is 9.24. The second kappa shape index (κ2) is 10.4. The van der Waals surface area contributed by atoms with Crippen molar-refractivity contribution >= 4 is 22.6 Å². The van der Waals surface area contributed by atoms with E-state index in [0.29, 0.717) is 18.6 Å². The molecule has 2 heterocycles. The van der Waals surface area contributed by atoms with Crippen molar-refractivity contribution in [3.63, 3.8) is 0 Å². The Kier molecular flexibility index (Phi) is 7.32. The Bertz CT molecular complexity index is 1150. The van der Waals surface area contributed by atoms with Gasteiger partial charge < -0.3 is 14.5 Å². The van der Waals surface area contributed by atoms with Gasteiger partial charge in [-0.15, -0.1) is 0 Å². The van der Waals surface area contributed by atoms with Crippen molar-refractivity contribution in [3.8, 4) is 5.75 Å². The highest BCUT2D eigenvalue weighted by Crippen LogP contribution is 2.27. The molecule has 1 atom stereocenters. The van der Waals surface area contributed by atoms with Gasteiger partial charge in [-0.05, 0) is 62.3 Å². The number of likely N-dealkylation sites (tertiary alicyclic amines) is 1. The number of nitrogens with zero attached hydrogens (tertiary/aromatic N) is 4. The molecular weight excluding hydrogens is 431 g/mol. The molecule has 0 radical (unpaired) electrons.